The van der Waals surface area contributed by atoms with Crippen molar-refractivity contribution >= 4 is 5.97 Å². The number of aliphatic carboxylic acids is 1. The predicted octanol–water partition coefficient (Wildman–Crippen LogP) is -1.04. The SMILES string of the molecule is C=C1CC[C@@]2(O)[C@H]3Cc4ccc(O[C@@H]5O[C@H](C(=O)O)[C@@H](O)[C@H](O)[C@H]5O)c5c4[C@@]2(CCN3)[C@H]1O5. The van der Waals surface area contributed by atoms with E-state index >= 15 is 0 Å². The Morgan fingerprint density at radius 3 is 2.73 bits per heavy atom. The second-order valence-corrected chi connectivity index (χ2v) is 9.79. The third-order valence-corrected chi connectivity index (χ3v) is 8.27. The number of hydrogen-bond acceptors (Lipinski definition) is 9. The highest BCUT2D eigenvalue weighted by Crippen LogP contribution is 2.65. The Balaban J connectivity index is 1.43. The molecule has 178 valence electrons. The number of carboxylic acid groups (broad SMARTS) is 1. The van der Waals surface area contributed by atoms with Crippen molar-refractivity contribution in [1.82, 2.24) is 5.32 Å². The lowest BCUT2D eigenvalue weighted by Crippen LogP contribution is -2.74. The summed E-state index contributed by atoms with van der Waals surface area (Å²) in [6.45, 7) is 4.94. The van der Waals surface area contributed by atoms with Crippen molar-refractivity contribution in [3.05, 3.63) is 35.4 Å². The Hall–Kier alpha value is -2.21. The van der Waals surface area contributed by atoms with Gasteiger partial charge in [-0.05, 0) is 49.4 Å². The summed E-state index contributed by atoms with van der Waals surface area (Å²) in [6, 6.07) is 3.44. The summed E-state index contributed by atoms with van der Waals surface area (Å²) in [5.74, 6) is -0.857. The highest BCUT2D eigenvalue weighted by molar-refractivity contribution is 5.73. The second-order valence-electron chi connectivity index (χ2n) is 9.79. The highest BCUT2D eigenvalue weighted by Gasteiger charge is 2.70. The van der Waals surface area contributed by atoms with Gasteiger partial charge in [0.05, 0.1) is 11.0 Å². The van der Waals surface area contributed by atoms with E-state index in [1.165, 1.54) is 0 Å². The zero-order chi connectivity index (χ0) is 23.3. The van der Waals surface area contributed by atoms with E-state index in [1.807, 2.05) is 6.07 Å². The lowest BCUT2D eigenvalue weighted by Gasteiger charge is -2.60. The van der Waals surface area contributed by atoms with Crippen molar-refractivity contribution < 1.29 is 44.5 Å². The van der Waals surface area contributed by atoms with Gasteiger partial charge in [-0.2, -0.15) is 0 Å². The number of benzene rings is 1. The van der Waals surface area contributed by atoms with Crippen LogP contribution in [-0.2, 0) is 21.4 Å². The molecule has 0 unspecified atom stereocenters. The minimum Gasteiger partial charge on any atom is -0.481 e. The van der Waals surface area contributed by atoms with Crippen molar-refractivity contribution in [2.75, 3.05) is 6.54 Å². The van der Waals surface area contributed by atoms with E-state index in [1.54, 1.807) is 6.07 Å². The van der Waals surface area contributed by atoms with E-state index in [0.29, 0.717) is 31.4 Å². The number of carbonyl (C=O) groups is 1. The van der Waals surface area contributed by atoms with Crippen molar-refractivity contribution in [3.8, 4) is 11.5 Å². The summed E-state index contributed by atoms with van der Waals surface area (Å²) >= 11 is 0. The zero-order valence-electron chi connectivity index (χ0n) is 17.8. The van der Waals surface area contributed by atoms with Gasteiger partial charge in [0.1, 0.15) is 24.4 Å². The molecule has 3 aliphatic heterocycles. The number of aliphatic hydroxyl groups is 4. The van der Waals surface area contributed by atoms with E-state index in [-0.39, 0.29) is 11.8 Å². The van der Waals surface area contributed by atoms with Crippen LogP contribution in [0.5, 0.6) is 11.5 Å². The Kier molecular flexibility index (Phi) is 4.46. The molecule has 6 N–H and O–H groups in total. The number of hydrogen-bond donors (Lipinski definition) is 6. The molecule has 9 atom stereocenters. The average Bonchev–Trinajstić information content (AvgIpc) is 3.12. The first-order valence-corrected chi connectivity index (χ1v) is 11.2. The van der Waals surface area contributed by atoms with Gasteiger partial charge in [0, 0.05) is 11.6 Å². The normalized spacial score (nSPS) is 45.2. The van der Waals surface area contributed by atoms with Gasteiger partial charge in [0.15, 0.2) is 17.6 Å². The van der Waals surface area contributed by atoms with Crippen LogP contribution >= 0.6 is 0 Å². The molecule has 33 heavy (non-hydrogen) atoms. The topological polar surface area (TPSA) is 158 Å². The number of nitrogens with one attached hydrogen (secondary N) is 1. The second kappa shape index (κ2) is 6.91. The number of ether oxygens (including phenoxy) is 3. The summed E-state index contributed by atoms with van der Waals surface area (Å²) < 4.78 is 17.6. The fourth-order valence-corrected chi connectivity index (χ4v) is 6.71. The van der Waals surface area contributed by atoms with E-state index in [0.717, 1.165) is 23.2 Å². The molecular weight excluding hydrogens is 434 g/mol. The lowest BCUT2D eigenvalue weighted by atomic mass is 9.49. The molecule has 1 saturated carbocycles. The fraction of sp³-hybridized carbons (Fsp3) is 0.609. The zero-order valence-corrected chi connectivity index (χ0v) is 17.8. The average molecular weight is 461 g/mol. The predicted molar refractivity (Wildman–Crippen MR) is 111 cm³/mol. The monoisotopic (exact) mass is 461 g/mol. The highest BCUT2D eigenvalue weighted by atomic mass is 16.7. The van der Waals surface area contributed by atoms with Crippen LogP contribution < -0.4 is 14.8 Å². The number of carboxylic acids is 1. The van der Waals surface area contributed by atoms with Crippen molar-refractivity contribution in [2.24, 2.45) is 0 Å². The summed E-state index contributed by atoms with van der Waals surface area (Å²) in [7, 11) is 0. The largest absolute Gasteiger partial charge is 0.481 e. The van der Waals surface area contributed by atoms with Crippen LogP contribution in [0.1, 0.15) is 30.4 Å². The number of rotatable bonds is 3. The molecule has 5 aliphatic rings. The van der Waals surface area contributed by atoms with Crippen LogP contribution in [-0.4, -0.2) is 86.5 Å². The van der Waals surface area contributed by atoms with Crippen LogP contribution in [0.3, 0.4) is 0 Å². The van der Waals surface area contributed by atoms with Gasteiger partial charge in [0.25, 0.3) is 0 Å². The smallest absolute Gasteiger partial charge is 0.335 e. The first-order valence-electron chi connectivity index (χ1n) is 11.2. The van der Waals surface area contributed by atoms with Gasteiger partial charge in [0.2, 0.25) is 6.29 Å². The van der Waals surface area contributed by atoms with E-state index < -0.39 is 53.8 Å². The molecule has 3 heterocycles. The minimum absolute atomic E-state index is 0.105. The Morgan fingerprint density at radius 2 is 1.97 bits per heavy atom. The van der Waals surface area contributed by atoms with Crippen molar-refractivity contribution in [1.29, 1.82) is 0 Å². The molecule has 0 amide bonds. The molecular formula is C23H27NO9. The van der Waals surface area contributed by atoms with Gasteiger partial charge >= 0.3 is 5.97 Å². The number of piperidine rings is 1. The third-order valence-electron chi connectivity index (χ3n) is 8.27. The van der Waals surface area contributed by atoms with E-state index in [9.17, 15) is 30.3 Å². The van der Waals surface area contributed by atoms with Crippen molar-refractivity contribution in [2.45, 2.75) is 79.6 Å². The van der Waals surface area contributed by atoms with Crippen LogP contribution in [0.25, 0.3) is 0 Å². The van der Waals surface area contributed by atoms with Crippen molar-refractivity contribution in [3.63, 3.8) is 0 Å². The molecule has 0 radical (unpaired) electrons. The Bertz CT molecular complexity index is 1050. The van der Waals surface area contributed by atoms with Crippen LogP contribution in [0.4, 0.5) is 0 Å². The number of aliphatic hydroxyl groups excluding tert-OH is 3. The molecule has 1 aromatic carbocycles. The molecule has 1 aromatic rings. The Labute approximate surface area is 189 Å². The maximum atomic E-state index is 11.9. The molecule has 10 nitrogen and oxygen atoms in total. The quantitative estimate of drug-likeness (QED) is 0.307. The van der Waals surface area contributed by atoms with Gasteiger partial charge < -0.3 is 45.1 Å². The van der Waals surface area contributed by atoms with Gasteiger partial charge in [-0.15, -0.1) is 0 Å². The minimum atomic E-state index is -1.81. The Morgan fingerprint density at radius 1 is 1.18 bits per heavy atom. The van der Waals surface area contributed by atoms with Gasteiger partial charge in [-0.1, -0.05) is 12.6 Å². The van der Waals surface area contributed by atoms with Gasteiger partial charge in [-0.3, -0.25) is 0 Å². The summed E-state index contributed by atoms with van der Waals surface area (Å²) in [5.41, 5.74) is 1.11. The third kappa shape index (κ3) is 2.56. The first kappa shape index (κ1) is 21.3. The fourth-order valence-electron chi connectivity index (χ4n) is 6.71. The summed E-state index contributed by atoms with van der Waals surface area (Å²) in [6.07, 6.45) is -6.53. The van der Waals surface area contributed by atoms with Crippen LogP contribution in [0.15, 0.2) is 24.3 Å². The van der Waals surface area contributed by atoms with E-state index in [4.69, 9.17) is 14.2 Å². The van der Waals surface area contributed by atoms with Crippen LogP contribution in [0.2, 0.25) is 0 Å². The maximum Gasteiger partial charge on any atom is 0.335 e. The molecule has 2 aliphatic carbocycles. The molecule has 0 aromatic heterocycles. The van der Waals surface area contributed by atoms with E-state index in [2.05, 4.69) is 11.9 Å². The maximum absolute atomic E-state index is 11.9. The molecule has 3 fully saturated rings. The molecule has 2 saturated heterocycles. The van der Waals surface area contributed by atoms with Gasteiger partial charge in [-0.25, -0.2) is 4.79 Å². The van der Waals surface area contributed by atoms with Crippen LogP contribution in [0, 0.1) is 0 Å². The molecule has 6 rings (SSSR count). The molecule has 1 spiro atoms. The summed E-state index contributed by atoms with van der Waals surface area (Å²) in [4.78, 5) is 11.4. The lowest BCUT2D eigenvalue weighted by molar-refractivity contribution is -0.271. The standard InChI is InChI=1S/C23H27NO9/c1-9-4-5-23(30)12-8-10-2-3-11(17-13(10)22(23,6-7-24-12)19(9)32-17)31-21-16(27)14(25)15(26)18(33-21)20(28)29/h2-3,12,14-16,18-19,21,24-27,30H,1,4-8H2,(H,28,29)/t12-,14+,15+,16-,18+,19+,21-,22+,23-/m1/s1. The summed E-state index contributed by atoms with van der Waals surface area (Å²) in [5, 5.41) is 55.2. The first-order chi connectivity index (χ1) is 15.7. The molecule has 10 heteroatoms. The molecule has 2 bridgehead atoms.